The molecular weight excluding hydrogens is 220 g/mol. The summed E-state index contributed by atoms with van der Waals surface area (Å²) in [4.78, 5) is 14.9. The van der Waals surface area contributed by atoms with E-state index in [0.717, 1.165) is 24.4 Å². The molecule has 0 saturated carbocycles. The van der Waals surface area contributed by atoms with Gasteiger partial charge in [0, 0.05) is 23.0 Å². The summed E-state index contributed by atoms with van der Waals surface area (Å²) in [6, 6.07) is 7.59. The molecule has 1 fully saturated rings. The topological polar surface area (TPSA) is 32.3 Å². The monoisotopic (exact) mass is 236 g/mol. The first kappa shape index (κ1) is 11.5. The van der Waals surface area contributed by atoms with Crippen LogP contribution in [-0.4, -0.2) is 37.0 Å². The molecule has 1 aromatic carbocycles. The average Bonchev–Trinajstić information content (AvgIpc) is 2.64. The fraction of sp³-hybridized carbons (Fsp3) is 0.417. The van der Waals surface area contributed by atoms with E-state index in [4.69, 9.17) is 0 Å². The summed E-state index contributed by atoms with van der Waals surface area (Å²) in [7, 11) is 2.07. The number of thiol groups is 1. The van der Waals surface area contributed by atoms with Crippen LogP contribution in [0.1, 0.15) is 16.8 Å². The normalized spacial score (nSPS) is 21.0. The number of likely N-dealkylation sites (N-methyl/N-ethyl adjacent to an activating group) is 1. The van der Waals surface area contributed by atoms with Crippen molar-refractivity contribution in [1.29, 1.82) is 0 Å². The maximum Gasteiger partial charge on any atom is 0.251 e. The Labute approximate surface area is 101 Å². The predicted molar refractivity (Wildman–Crippen MR) is 67.1 cm³/mol. The Hall–Kier alpha value is -1.00. The Morgan fingerprint density at radius 1 is 1.56 bits per heavy atom. The van der Waals surface area contributed by atoms with E-state index in [-0.39, 0.29) is 11.9 Å². The summed E-state index contributed by atoms with van der Waals surface area (Å²) >= 11 is 4.22. The quantitative estimate of drug-likeness (QED) is 0.761. The molecule has 4 heteroatoms. The third-order valence-electron chi connectivity index (χ3n) is 2.83. The average molecular weight is 236 g/mol. The van der Waals surface area contributed by atoms with Crippen LogP contribution in [0.3, 0.4) is 0 Å². The van der Waals surface area contributed by atoms with E-state index >= 15 is 0 Å². The van der Waals surface area contributed by atoms with E-state index < -0.39 is 0 Å². The number of hydrogen-bond donors (Lipinski definition) is 2. The summed E-state index contributed by atoms with van der Waals surface area (Å²) in [6.07, 6.45) is 1.03. The van der Waals surface area contributed by atoms with Gasteiger partial charge in [0.25, 0.3) is 5.91 Å². The van der Waals surface area contributed by atoms with Crippen molar-refractivity contribution >= 4 is 18.5 Å². The van der Waals surface area contributed by atoms with Crippen LogP contribution in [0.4, 0.5) is 0 Å². The number of amides is 1. The molecule has 1 aromatic rings. The van der Waals surface area contributed by atoms with Gasteiger partial charge in [-0.25, -0.2) is 0 Å². The predicted octanol–water partition coefficient (Wildman–Crippen LogP) is 1.41. The maximum absolute atomic E-state index is 11.9. The Morgan fingerprint density at radius 2 is 2.38 bits per heavy atom. The van der Waals surface area contributed by atoms with Gasteiger partial charge in [-0.3, -0.25) is 4.79 Å². The van der Waals surface area contributed by atoms with Crippen LogP contribution in [0.15, 0.2) is 29.2 Å². The highest BCUT2D eigenvalue weighted by Gasteiger charge is 2.21. The van der Waals surface area contributed by atoms with E-state index in [2.05, 4.69) is 29.9 Å². The van der Waals surface area contributed by atoms with Gasteiger partial charge in [-0.15, -0.1) is 12.6 Å². The van der Waals surface area contributed by atoms with Gasteiger partial charge >= 0.3 is 0 Å². The fourth-order valence-electron chi connectivity index (χ4n) is 1.97. The van der Waals surface area contributed by atoms with Crippen LogP contribution in [0, 0.1) is 0 Å². The van der Waals surface area contributed by atoms with Crippen LogP contribution in [0.2, 0.25) is 0 Å². The minimum Gasteiger partial charge on any atom is -0.348 e. The Bertz CT molecular complexity index is 394. The zero-order valence-electron chi connectivity index (χ0n) is 9.31. The highest BCUT2D eigenvalue weighted by Crippen LogP contribution is 2.11. The SMILES string of the molecule is CN1CCC(NC(=O)c2cccc(S)c2)C1. The number of hydrogen-bond acceptors (Lipinski definition) is 3. The van der Waals surface area contributed by atoms with Gasteiger partial charge in [0.2, 0.25) is 0 Å². The maximum atomic E-state index is 11.9. The summed E-state index contributed by atoms with van der Waals surface area (Å²) in [5.74, 6) is -0.00352. The molecular formula is C12H16N2OS. The van der Waals surface area contributed by atoms with Gasteiger partial charge in [-0.2, -0.15) is 0 Å². The lowest BCUT2D eigenvalue weighted by atomic mass is 10.2. The van der Waals surface area contributed by atoms with Crippen LogP contribution in [0.5, 0.6) is 0 Å². The number of carbonyl (C=O) groups is 1. The zero-order chi connectivity index (χ0) is 11.5. The molecule has 1 atom stereocenters. The molecule has 1 saturated heterocycles. The second-order valence-corrected chi connectivity index (χ2v) is 4.79. The van der Waals surface area contributed by atoms with Crippen molar-refractivity contribution < 1.29 is 4.79 Å². The first-order valence-electron chi connectivity index (χ1n) is 5.43. The number of nitrogens with zero attached hydrogens (tertiary/aromatic N) is 1. The van der Waals surface area contributed by atoms with Crippen molar-refractivity contribution in [3.05, 3.63) is 29.8 Å². The summed E-state index contributed by atoms with van der Waals surface area (Å²) in [5, 5.41) is 3.04. The lowest BCUT2D eigenvalue weighted by molar-refractivity contribution is 0.0938. The van der Waals surface area contributed by atoms with Gasteiger partial charge in [0.15, 0.2) is 0 Å². The van der Waals surface area contributed by atoms with E-state index in [1.807, 2.05) is 18.2 Å². The minimum absolute atomic E-state index is 0.00352. The molecule has 1 N–H and O–H groups in total. The van der Waals surface area contributed by atoms with Crippen molar-refractivity contribution in [3.63, 3.8) is 0 Å². The molecule has 0 radical (unpaired) electrons. The molecule has 1 heterocycles. The summed E-state index contributed by atoms with van der Waals surface area (Å²) in [6.45, 7) is 1.99. The van der Waals surface area contributed by atoms with Gasteiger partial charge in [-0.05, 0) is 38.2 Å². The molecule has 1 unspecified atom stereocenters. The van der Waals surface area contributed by atoms with Crippen LogP contribution < -0.4 is 5.32 Å². The third kappa shape index (κ3) is 2.77. The Balaban J connectivity index is 1.98. The van der Waals surface area contributed by atoms with E-state index in [0.29, 0.717) is 5.56 Å². The lowest BCUT2D eigenvalue weighted by Crippen LogP contribution is -2.36. The van der Waals surface area contributed by atoms with Crippen LogP contribution in [0.25, 0.3) is 0 Å². The highest BCUT2D eigenvalue weighted by molar-refractivity contribution is 7.80. The van der Waals surface area contributed by atoms with Crippen LogP contribution >= 0.6 is 12.6 Å². The van der Waals surface area contributed by atoms with Crippen molar-refractivity contribution in [3.8, 4) is 0 Å². The van der Waals surface area contributed by atoms with Crippen molar-refractivity contribution in [2.75, 3.05) is 20.1 Å². The van der Waals surface area contributed by atoms with Gasteiger partial charge in [-0.1, -0.05) is 6.07 Å². The van der Waals surface area contributed by atoms with Crippen molar-refractivity contribution in [1.82, 2.24) is 10.2 Å². The lowest BCUT2D eigenvalue weighted by Gasteiger charge is -2.12. The first-order chi connectivity index (χ1) is 7.65. The molecule has 0 bridgehead atoms. The molecule has 3 nitrogen and oxygen atoms in total. The zero-order valence-corrected chi connectivity index (χ0v) is 10.2. The van der Waals surface area contributed by atoms with E-state index in [1.54, 1.807) is 6.07 Å². The number of benzene rings is 1. The molecule has 16 heavy (non-hydrogen) atoms. The second-order valence-electron chi connectivity index (χ2n) is 4.27. The number of rotatable bonds is 2. The molecule has 2 rings (SSSR count). The summed E-state index contributed by atoms with van der Waals surface area (Å²) < 4.78 is 0. The van der Waals surface area contributed by atoms with E-state index in [1.165, 1.54) is 0 Å². The molecule has 1 amide bonds. The van der Waals surface area contributed by atoms with Crippen molar-refractivity contribution in [2.45, 2.75) is 17.4 Å². The van der Waals surface area contributed by atoms with Gasteiger partial charge in [0.1, 0.15) is 0 Å². The molecule has 0 aromatic heterocycles. The molecule has 1 aliphatic heterocycles. The van der Waals surface area contributed by atoms with Gasteiger partial charge < -0.3 is 10.2 Å². The van der Waals surface area contributed by atoms with E-state index in [9.17, 15) is 4.79 Å². The molecule has 0 spiro atoms. The Morgan fingerprint density at radius 3 is 3.00 bits per heavy atom. The number of carbonyl (C=O) groups excluding carboxylic acids is 1. The number of likely N-dealkylation sites (tertiary alicyclic amines) is 1. The molecule has 0 aliphatic carbocycles. The Kier molecular flexibility index (Phi) is 3.51. The smallest absolute Gasteiger partial charge is 0.251 e. The largest absolute Gasteiger partial charge is 0.348 e. The first-order valence-corrected chi connectivity index (χ1v) is 5.88. The summed E-state index contributed by atoms with van der Waals surface area (Å²) in [5.41, 5.74) is 0.682. The van der Waals surface area contributed by atoms with Crippen LogP contribution in [-0.2, 0) is 0 Å². The molecule has 1 aliphatic rings. The van der Waals surface area contributed by atoms with Crippen molar-refractivity contribution in [2.24, 2.45) is 0 Å². The number of nitrogens with one attached hydrogen (secondary N) is 1. The fourth-order valence-corrected chi connectivity index (χ4v) is 2.19. The van der Waals surface area contributed by atoms with Gasteiger partial charge in [0.05, 0.1) is 0 Å². The third-order valence-corrected chi connectivity index (χ3v) is 3.11. The minimum atomic E-state index is -0.00352. The highest BCUT2D eigenvalue weighted by atomic mass is 32.1. The second kappa shape index (κ2) is 4.89. The molecule has 86 valence electrons. The standard InChI is InChI=1S/C12H16N2OS/c1-14-6-5-10(8-14)13-12(15)9-3-2-4-11(16)7-9/h2-4,7,10,16H,5-6,8H2,1H3,(H,13,15).